The molecule has 33 heavy (non-hydrogen) atoms. The number of carbonyl (C=O) groups is 2. The van der Waals surface area contributed by atoms with Gasteiger partial charge in [0, 0.05) is 48.0 Å². The van der Waals surface area contributed by atoms with Crippen LogP contribution in [-0.2, 0) is 9.59 Å². The number of Topliss-reactive ketones (excluding diaryl/α,β-unsaturated/α-hetero) is 1. The van der Waals surface area contributed by atoms with E-state index in [4.69, 9.17) is 9.47 Å². The summed E-state index contributed by atoms with van der Waals surface area (Å²) in [6.07, 6.45) is 4.40. The third-order valence-corrected chi connectivity index (χ3v) is 7.49. The van der Waals surface area contributed by atoms with Crippen molar-refractivity contribution in [3.63, 3.8) is 0 Å². The lowest BCUT2D eigenvalue weighted by molar-refractivity contribution is -0.128. The van der Waals surface area contributed by atoms with Gasteiger partial charge in [-0.1, -0.05) is 13.8 Å². The molecule has 1 saturated heterocycles. The number of benzene rings is 1. The topological polar surface area (TPSA) is 67.9 Å². The van der Waals surface area contributed by atoms with Crippen LogP contribution in [0.25, 0.3) is 0 Å². The third kappa shape index (κ3) is 4.44. The predicted molar refractivity (Wildman–Crippen MR) is 131 cm³/mol. The van der Waals surface area contributed by atoms with Gasteiger partial charge in [-0.15, -0.1) is 0 Å². The Kier molecular flexibility index (Phi) is 6.63. The highest BCUT2D eigenvalue weighted by Crippen LogP contribution is 2.49. The van der Waals surface area contributed by atoms with Crippen LogP contribution in [0.1, 0.15) is 64.4 Å². The molecule has 4 rings (SSSR count). The molecule has 1 fully saturated rings. The molecule has 7 heteroatoms. The van der Waals surface area contributed by atoms with E-state index >= 15 is 0 Å². The van der Waals surface area contributed by atoms with Crippen molar-refractivity contribution < 1.29 is 19.1 Å². The number of allylic oxidation sites excluding steroid dienone is 3. The fourth-order valence-electron chi connectivity index (χ4n) is 5.42. The van der Waals surface area contributed by atoms with Gasteiger partial charge < -0.3 is 19.7 Å². The van der Waals surface area contributed by atoms with Gasteiger partial charge in [-0.2, -0.15) is 0 Å². The lowest BCUT2D eigenvalue weighted by Crippen LogP contribution is -2.43. The maximum Gasteiger partial charge on any atom is 0.252 e. The number of methoxy groups -OCH3 is 2. The van der Waals surface area contributed by atoms with E-state index in [1.165, 1.54) is 0 Å². The summed E-state index contributed by atoms with van der Waals surface area (Å²) in [7, 11) is 3.19. The number of hydrogen-bond donors (Lipinski definition) is 1. The molecule has 0 unspecified atom stereocenters. The van der Waals surface area contributed by atoms with Crippen LogP contribution in [0.3, 0.4) is 0 Å². The van der Waals surface area contributed by atoms with Crippen molar-refractivity contribution in [2.75, 3.05) is 27.3 Å². The zero-order chi connectivity index (χ0) is 23.9. The van der Waals surface area contributed by atoms with Crippen molar-refractivity contribution in [3.8, 4) is 11.5 Å². The summed E-state index contributed by atoms with van der Waals surface area (Å²) in [6, 6.07) is 3.85. The molecule has 1 aliphatic carbocycles. The maximum atomic E-state index is 13.8. The molecule has 1 N–H and O–H groups in total. The third-order valence-electron chi connectivity index (χ3n) is 6.90. The Labute approximate surface area is 204 Å². The Hall–Kier alpha value is -2.28. The number of nitrogens with one attached hydrogen (secondary N) is 1. The average molecular weight is 517 g/mol. The van der Waals surface area contributed by atoms with Crippen LogP contribution in [-0.4, -0.2) is 43.9 Å². The summed E-state index contributed by atoms with van der Waals surface area (Å²) < 4.78 is 11.8. The first-order valence-corrected chi connectivity index (χ1v) is 12.4. The van der Waals surface area contributed by atoms with E-state index in [1.807, 2.05) is 24.0 Å². The van der Waals surface area contributed by atoms with Gasteiger partial charge in [-0.25, -0.2) is 0 Å². The van der Waals surface area contributed by atoms with Gasteiger partial charge in [0.05, 0.1) is 18.7 Å². The number of hydrogen-bond acceptors (Lipinski definition) is 5. The van der Waals surface area contributed by atoms with Gasteiger partial charge in [-0.05, 0) is 71.6 Å². The number of ether oxygens (including phenoxy) is 2. The summed E-state index contributed by atoms with van der Waals surface area (Å²) in [5.74, 6) is 0.815. The van der Waals surface area contributed by atoms with E-state index in [1.54, 1.807) is 14.2 Å². The second-order valence-corrected chi connectivity index (χ2v) is 10.9. The van der Waals surface area contributed by atoms with Crippen molar-refractivity contribution in [1.29, 1.82) is 0 Å². The average Bonchev–Trinajstić information content (AvgIpc) is 2.76. The van der Waals surface area contributed by atoms with Crippen LogP contribution < -0.4 is 14.8 Å². The largest absolute Gasteiger partial charge is 0.493 e. The molecule has 0 spiro atoms. The van der Waals surface area contributed by atoms with Gasteiger partial charge in [0.1, 0.15) is 0 Å². The van der Waals surface area contributed by atoms with E-state index in [9.17, 15) is 9.59 Å². The zero-order valence-corrected chi connectivity index (χ0v) is 21.7. The Morgan fingerprint density at radius 2 is 1.82 bits per heavy atom. The number of amides is 1. The summed E-state index contributed by atoms with van der Waals surface area (Å²) >= 11 is 3.60. The number of nitrogens with zero attached hydrogens (tertiary/aromatic N) is 1. The summed E-state index contributed by atoms with van der Waals surface area (Å²) in [5, 5.41) is 3.46. The second-order valence-electron chi connectivity index (χ2n) is 10.0. The van der Waals surface area contributed by atoms with Crippen molar-refractivity contribution in [1.82, 2.24) is 10.2 Å². The molecular formula is C26H33BrN2O4. The molecule has 1 aromatic carbocycles. The highest BCUT2D eigenvalue weighted by atomic mass is 79.9. The fraction of sp³-hybridized carbons (Fsp3) is 0.538. The second kappa shape index (κ2) is 9.16. The molecule has 178 valence electrons. The Bertz CT molecular complexity index is 1050. The molecular weight excluding hydrogens is 484 g/mol. The number of halogens is 1. The van der Waals surface area contributed by atoms with Crippen molar-refractivity contribution in [2.24, 2.45) is 5.41 Å². The first-order chi connectivity index (χ1) is 15.7. The molecule has 1 aromatic rings. The van der Waals surface area contributed by atoms with E-state index in [2.05, 4.69) is 35.1 Å². The lowest BCUT2D eigenvalue weighted by atomic mass is 9.68. The Morgan fingerprint density at radius 3 is 2.45 bits per heavy atom. The Balaban J connectivity index is 1.89. The van der Waals surface area contributed by atoms with Crippen LogP contribution in [0.15, 0.2) is 39.1 Å². The Morgan fingerprint density at radius 1 is 1.12 bits per heavy atom. The first kappa shape index (κ1) is 23.9. The van der Waals surface area contributed by atoms with Gasteiger partial charge >= 0.3 is 0 Å². The number of ketones is 1. The highest BCUT2D eigenvalue weighted by Gasteiger charge is 2.44. The highest BCUT2D eigenvalue weighted by molar-refractivity contribution is 9.10. The van der Waals surface area contributed by atoms with Crippen molar-refractivity contribution in [2.45, 2.75) is 58.8 Å². The van der Waals surface area contributed by atoms with Crippen molar-refractivity contribution in [3.05, 3.63) is 44.7 Å². The molecule has 0 radical (unpaired) electrons. The van der Waals surface area contributed by atoms with Crippen LogP contribution >= 0.6 is 15.9 Å². The molecule has 6 nitrogen and oxygen atoms in total. The van der Waals surface area contributed by atoms with Gasteiger partial charge in [0.15, 0.2) is 17.3 Å². The van der Waals surface area contributed by atoms with Crippen LogP contribution in [0.2, 0.25) is 0 Å². The minimum absolute atomic E-state index is 0.0137. The number of piperidine rings is 1. The fourth-order valence-corrected chi connectivity index (χ4v) is 6.05. The smallest absolute Gasteiger partial charge is 0.252 e. The first-order valence-electron chi connectivity index (χ1n) is 11.6. The standard InChI is InChI=1S/C26H33BrN2O4/c1-15-21(25(31)29-9-7-6-8-10-29)22(16-11-17(27)24(33-5)20(12-16)32-4)23-18(28-15)13-26(2,3)14-19(23)30/h11-12,22,28H,6-10,13-14H2,1-5H3/t22-/m1/s1. The zero-order valence-electron chi connectivity index (χ0n) is 20.1. The SMILES string of the molecule is COc1cc([C@@H]2C(C(=O)N3CCCCC3)=C(C)NC3=C2C(=O)CC(C)(C)C3)cc(Br)c1OC. The maximum absolute atomic E-state index is 13.8. The minimum Gasteiger partial charge on any atom is -0.493 e. The van der Waals surface area contributed by atoms with E-state index in [-0.39, 0.29) is 17.1 Å². The van der Waals surface area contributed by atoms with E-state index in [0.717, 1.165) is 60.2 Å². The molecule has 0 aromatic heterocycles. The molecule has 3 aliphatic rings. The number of likely N-dealkylation sites (tertiary alicyclic amines) is 1. The van der Waals surface area contributed by atoms with Crippen LogP contribution in [0.5, 0.6) is 11.5 Å². The molecule has 2 aliphatic heterocycles. The molecule has 2 heterocycles. The van der Waals surface area contributed by atoms with Gasteiger partial charge in [0.25, 0.3) is 5.91 Å². The predicted octanol–water partition coefficient (Wildman–Crippen LogP) is 5.08. The number of rotatable bonds is 4. The molecule has 1 atom stereocenters. The normalized spacial score (nSPS) is 22.7. The van der Waals surface area contributed by atoms with Crippen LogP contribution in [0.4, 0.5) is 0 Å². The lowest BCUT2D eigenvalue weighted by Gasteiger charge is -2.41. The molecule has 0 saturated carbocycles. The molecule has 1 amide bonds. The minimum atomic E-state index is -0.449. The summed E-state index contributed by atoms with van der Waals surface area (Å²) in [5.41, 5.74) is 3.84. The van der Waals surface area contributed by atoms with Crippen molar-refractivity contribution >= 4 is 27.6 Å². The van der Waals surface area contributed by atoms with E-state index < -0.39 is 5.92 Å². The quantitative estimate of drug-likeness (QED) is 0.603. The number of dihydropyridines is 1. The summed E-state index contributed by atoms with van der Waals surface area (Å²) in [4.78, 5) is 29.3. The van der Waals surface area contributed by atoms with Gasteiger partial charge in [-0.3, -0.25) is 9.59 Å². The van der Waals surface area contributed by atoms with Gasteiger partial charge in [0.2, 0.25) is 0 Å². The number of carbonyl (C=O) groups excluding carboxylic acids is 2. The van der Waals surface area contributed by atoms with Crippen LogP contribution in [0, 0.1) is 5.41 Å². The van der Waals surface area contributed by atoms with E-state index in [0.29, 0.717) is 29.1 Å². The monoisotopic (exact) mass is 516 g/mol. The summed E-state index contributed by atoms with van der Waals surface area (Å²) in [6.45, 7) is 7.70. The molecule has 0 bridgehead atoms.